The molecule has 0 radical (unpaired) electrons. The lowest BCUT2D eigenvalue weighted by Gasteiger charge is -2.60. The molecule has 0 N–H and O–H groups in total. The number of ether oxygens (including phenoxy) is 1. The van der Waals surface area contributed by atoms with Gasteiger partial charge in [0.25, 0.3) is 5.91 Å². The molecule has 0 aromatic carbocycles. The van der Waals surface area contributed by atoms with Gasteiger partial charge in [0.05, 0.1) is 11.7 Å². The Balaban J connectivity index is 1.76. The van der Waals surface area contributed by atoms with E-state index in [0.29, 0.717) is 11.3 Å². The Kier molecular flexibility index (Phi) is 4.86. The van der Waals surface area contributed by atoms with Crippen molar-refractivity contribution >= 4 is 5.91 Å². The Bertz CT molecular complexity index is 629. The zero-order chi connectivity index (χ0) is 17.2. The van der Waals surface area contributed by atoms with E-state index in [4.69, 9.17) is 10.00 Å². The Labute approximate surface area is 143 Å². The molecular weight excluding hydrogens is 302 g/mol. The third kappa shape index (κ3) is 2.80. The lowest BCUT2D eigenvalue weighted by molar-refractivity contribution is -0.170. The molecule has 1 heterocycles. The molecule has 0 unspecified atom stereocenters. The number of pyridine rings is 1. The molecule has 3 rings (SSSR count). The van der Waals surface area contributed by atoms with E-state index < -0.39 is 0 Å². The van der Waals surface area contributed by atoms with E-state index in [1.165, 1.54) is 25.5 Å². The predicted octanol–water partition coefficient (Wildman–Crippen LogP) is 3.15. The number of rotatable bonds is 4. The Morgan fingerprint density at radius 2 is 2.17 bits per heavy atom. The minimum Gasteiger partial charge on any atom is -0.378 e. The molecule has 0 aliphatic heterocycles. The van der Waals surface area contributed by atoms with Crippen LogP contribution in [0.25, 0.3) is 0 Å². The highest BCUT2D eigenvalue weighted by Gasteiger charge is 2.57. The highest BCUT2D eigenvalue weighted by atomic mass is 16.5. The van der Waals surface area contributed by atoms with Crippen LogP contribution in [0.2, 0.25) is 0 Å². The van der Waals surface area contributed by atoms with Crippen molar-refractivity contribution in [2.45, 2.75) is 57.6 Å². The summed E-state index contributed by atoms with van der Waals surface area (Å²) in [5, 5.41) is 8.86. The smallest absolute Gasteiger partial charge is 0.272 e. The largest absolute Gasteiger partial charge is 0.378 e. The summed E-state index contributed by atoms with van der Waals surface area (Å²) in [6.45, 7) is 2.77. The summed E-state index contributed by atoms with van der Waals surface area (Å²) in [4.78, 5) is 18.8. The van der Waals surface area contributed by atoms with Gasteiger partial charge in [0.1, 0.15) is 11.8 Å². The summed E-state index contributed by atoms with van der Waals surface area (Å²) in [6, 6.07) is 5.54. The van der Waals surface area contributed by atoms with Gasteiger partial charge in [-0.1, -0.05) is 19.3 Å². The van der Waals surface area contributed by atoms with Crippen molar-refractivity contribution in [2.24, 2.45) is 5.41 Å². The molecule has 2 atom stereocenters. The van der Waals surface area contributed by atoms with Crippen molar-refractivity contribution in [3.63, 3.8) is 0 Å². The van der Waals surface area contributed by atoms with Crippen LogP contribution in [0.1, 0.15) is 61.5 Å². The normalized spacial score (nSPS) is 24.9. The van der Waals surface area contributed by atoms with Gasteiger partial charge < -0.3 is 9.64 Å². The zero-order valence-corrected chi connectivity index (χ0v) is 14.5. The molecule has 1 spiro atoms. The van der Waals surface area contributed by atoms with Crippen LogP contribution in [0.15, 0.2) is 18.3 Å². The number of amides is 1. The molecule has 5 heteroatoms. The minimum atomic E-state index is -0.0654. The summed E-state index contributed by atoms with van der Waals surface area (Å²) in [5.41, 5.74) is 0.992. The van der Waals surface area contributed by atoms with Crippen LogP contribution in [0.5, 0.6) is 0 Å². The van der Waals surface area contributed by atoms with Gasteiger partial charge in [-0.2, -0.15) is 5.26 Å². The van der Waals surface area contributed by atoms with Crippen molar-refractivity contribution in [1.29, 1.82) is 5.26 Å². The molecule has 24 heavy (non-hydrogen) atoms. The van der Waals surface area contributed by atoms with Gasteiger partial charge in [-0.15, -0.1) is 0 Å². The third-order valence-corrected chi connectivity index (χ3v) is 5.79. The standard InChI is InChI=1S/C19H25N3O2/c1-3-24-17-11-16(19(17)9-5-4-6-10-19)22(2)18(23)15-8-7-14(12-20)13-21-15/h7-8,13,16-17H,3-6,9-11H2,1-2H3/t16-,17+/m0/s1. The molecule has 0 saturated heterocycles. The fourth-order valence-corrected chi connectivity index (χ4v) is 4.48. The summed E-state index contributed by atoms with van der Waals surface area (Å²) in [7, 11) is 1.88. The quantitative estimate of drug-likeness (QED) is 0.852. The average Bonchev–Trinajstić information content (AvgIpc) is 2.64. The fraction of sp³-hybridized carbons (Fsp3) is 0.632. The maximum atomic E-state index is 12.8. The summed E-state index contributed by atoms with van der Waals surface area (Å²) < 4.78 is 5.98. The van der Waals surface area contributed by atoms with Crippen LogP contribution >= 0.6 is 0 Å². The predicted molar refractivity (Wildman–Crippen MR) is 90.4 cm³/mol. The van der Waals surface area contributed by atoms with E-state index in [-0.39, 0.29) is 23.5 Å². The first kappa shape index (κ1) is 16.9. The van der Waals surface area contributed by atoms with Gasteiger partial charge in [0.2, 0.25) is 0 Å². The lowest BCUT2D eigenvalue weighted by Crippen LogP contribution is -2.65. The van der Waals surface area contributed by atoms with E-state index in [0.717, 1.165) is 25.9 Å². The number of carbonyl (C=O) groups is 1. The number of nitriles is 1. The van der Waals surface area contributed by atoms with Crippen LogP contribution in [-0.4, -0.2) is 41.6 Å². The first-order chi connectivity index (χ1) is 11.6. The lowest BCUT2D eigenvalue weighted by atomic mass is 9.54. The van der Waals surface area contributed by atoms with E-state index in [9.17, 15) is 4.79 Å². The second-order valence-corrected chi connectivity index (χ2v) is 6.95. The van der Waals surface area contributed by atoms with E-state index in [1.807, 2.05) is 24.9 Å². The highest BCUT2D eigenvalue weighted by molar-refractivity contribution is 5.92. The van der Waals surface area contributed by atoms with Crippen molar-refractivity contribution in [3.8, 4) is 6.07 Å². The molecule has 2 saturated carbocycles. The maximum Gasteiger partial charge on any atom is 0.272 e. The van der Waals surface area contributed by atoms with Crippen LogP contribution in [0.3, 0.4) is 0 Å². The number of nitrogens with zero attached hydrogens (tertiary/aromatic N) is 3. The highest BCUT2D eigenvalue weighted by Crippen LogP contribution is 2.55. The number of hydrogen-bond donors (Lipinski definition) is 0. The summed E-state index contributed by atoms with van der Waals surface area (Å²) in [6.07, 6.45) is 8.64. The maximum absolute atomic E-state index is 12.8. The van der Waals surface area contributed by atoms with Gasteiger partial charge >= 0.3 is 0 Å². The van der Waals surface area contributed by atoms with Gasteiger partial charge in [0, 0.05) is 31.3 Å². The van der Waals surface area contributed by atoms with Crippen LogP contribution in [0.4, 0.5) is 0 Å². The molecule has 1 amide bonds. The second-order valence-electron chi connectivity index (χ2n) is 6.95. The first-order valence-corrected chi connectivity index (χ1v) is 8.87. The molecule has 2 aliphatic rings. The number of carbonyl (C=O) groups excluding carboxylic acids is 1. The molecule has 0 bridgehead atoms. The summed E-state index contributed by atoms with van der Waals surface area (Å²) >= 11 is 0. The minimum absolute atomic E-state index is 0.0654. The Morgan fingerprint density at radius 1 is 1.42 bits per heavy atom. The van der Waals surface area contributed by atoms with Crippen LogP contribution in [0, 0.1) is 16.7 Å². The van der Waals surface area contributed by atoms with Crippen LogP contribution in [-0.2, 0) is 4.74 Å². The SMILES string of the molecule is CCO[C@@H]1C[C@H](N(C)C(=O)c2ccc(C#N)cn2)C12CCCCC2. The van der Waals surface area contributed by atoms with Crippen molar-refractivity contribution < 1.29 is 9.53 Å². The fourth-order valence-electron chi connectivity index (χ4n) is 4.48. The van der Waals surface area contributed by atoms with Gasteiger partial charge in [-0.3, -0.25) is 4.79 Å². The monoisotopic (exact) mass is 327 g/mol. The van der Waals surface area contributed by atoms with Gasteiger partial charge in [0.15, 0.2) is 0 Å². The number of aromatic nitrogens is 1. The Morgan fingerprint density at radius 3 is 2.75 bits per heavy atom. The van der Waals surface area contributed by atoms with Crippen LogP contribution < -0.4 is 0 Å². The molecule has 2 fully saturated rings. The van der Waals surface area contributed by atoms with Crippen molar-refractivity contribution in [3.05, 3.63) is 29.6 Å². The van der Waals surface area contributed by atoms with Gasteiger partial charge in [-0.25, -0.2) is 4.98 Å². The number of hydrogen-bond acceptors (Lipinski definition) is 4. The van der Waals surface area contributed by atoms with Gasteiger partial charge in [-0.05, 0) is 38.3 Å². The van der Waals surface area contributed by atoms with E-state index >= 15 is 0 Å². The molecule has 128 valence electrons. The Hall–Kier alpha value is -1.93. The molecule has 1 aromatic rings. The van der Waals surface area contributed by atoms with Crippen molar-refractivity contribution in [1.82, 2.24) is 9.88 Å². The third-order valence-electron chi connectivity index (χ3n) is 5.79. The zero-order valence-electron chi connectivity index (χ0n) is 14.5. The summed E-state index contributed by atoms with van der Waals surface area (Å²) in [5.74, 6) is -0.0654. The molecular formula is C19H25N3O2. The topological polar surface area (TPSA) is 66.2 Å². The average molecular weight is 327 g/mol. The second kappa shape index (κ2) is 6.90. The first-order valence-electron chi connectivity index (χ1n) is 8.87. The van der Waals surface area contributed by atoms with E-state index in [1.54, 1.807) is 12.1 Å². The van der Waals surface area contributed by atoms with E-state index in [2.05, 4.69) is 4.98 Å². The molecule has 5 nitrogen and oxygen atoms in total. The van der Waals surface area contributed by atoms with Crippen molar-refractivity contribution in [2.75, 3.05) is 13.7 Å². The molecule has 2 aliphatic carbocycles. The molecule has 1 aromatic heterocycles.